The monoisotopic (exact) mass is 974 g/mol. The zero-order valence-corrected chi connectivity index (χ0v) is 38.8. The molecule has 0 aromatic heterocycles. The van der Waals surface area contributed by atoms with E-state index < -0.39 is 47.3 Å². The molecule has 20 heteroatoms. The normalized spacial score (nSPS) is 12.0. The first-order valence-electron chi connectivity index (χ1n) is 20.0. The number of Topliss-reactive ketones (excluding diaryl/α,β-unsaturated/α-hetero) is 2. The molecule has 2 unspecified atom stereocenters. The minimum Gasteiger partial charge on any atom is -0.492 e. The number of carbonyl (C=O) groups is 6. The lowest BCUT2D eigenvalue weighted by molar-refractivity contribution is -0.127. The summed E-state index contributed by atoms with van der Waals surface area (Å²) in [6.45, 7) is 5.86. The first-order valence-corrected chi connectivity index (χ1v) is 21.9. The van der Waals surface area contributed by atoms with Gasteiger partial charge in [0.15, 0.2) is 11.6 Å². The number of halogens is 4. The van der Waals surface area contributed by atoms with Crippen molar-refractivity contribution in [3.8, 4) is 11.5 Å². The van der Waals surface area contributed by atoms with Gasteiger partial charge in [-0.2, -0.15) is 20.5 Å². The number of benzene rings is 5. The Morgan fingerprint density at radius 2 is 0.909 bits per heavy atom. The molecule has 5 rings (SSSR count). The van der Waals surface area contributed by atoms with Crippen LogP contribution in [-0.4, -0.2) is 60.5 Å². The molecular formula is C46H42Cl4N8O8. The van der Waals surface area contributed by atoms with Gasteiger partial charge in [-0.15, -0.1) is 23.2 Å². The number of ether oxygens (including phenoxy) is 2. The van der Waals surface area contributed by atoms with Crippen LogP contribution in [0.15, 0.2) is 118 Å². The number of rotatable bonds is 20. The maximum absolute atomic E-state index is 13.7. The Morgan fingerprint density at radius 3 is 1.26 bits per heavy atom. The van der Waals surface area contributed by atoms with Crippen molar-refractivity contribution in [3.05, 3.63) is 129 Å². The summed E-state index contributed by atoms with van der Waals surface area (Å²) < 4.78 is 11.6. The molecule has 0 aliphatic rings. The highest BCUT2D eigenvalue weighted by Crippen LogP contribution is 2.38. The van der Waals surface area contributed by atoms with Gasteiger partial charge in [0.1, 0.15) is 11.5 Å². The molecule has 0 bridgehead atoms. The van der Waals surface area contributed by atoms with E-state index in [0.717, 1.165) is 13.8 Å². The van der Waals surface area contributed by atoms with Gasteiger partial charge in [-0.1, -0.05) is 59.6 Å². The molecule has 0 radical (unpaired) electrons. The lowest BCUT2D eigenvalue weighted by atomic mass is 10.1. The fourth-order valence-electron chi connectivity index (χ4n) is 6.03. The molecule has 4 N–H and O–H groups in total. The number of carbonyl (C=O) groups excluding carboxylic acids is 6. The Bertz CT molecular complexity index is 2530. The number of nitrogens with one attached hydrogen (secondary N) is 4. The van der Waals surface area contributed by atoms with Gasteiger partial charge in [-0.25, -0.2) is 0 Å². The average Bonchev–Trinajstić information content (AvgIpc) is 3.27. The van der Waals surface area contributed by atoms with Crippen LogP contribution in [0, 0.1) is 0 Å². The van der Waals surface area contributed by atoms with Gasteiger partial charge >= 0.3 is 0 Å². The summed E-state index contributed by atoms with van der Waals surface area (Å²) in [4.78, 5) is 79.2. The molecule has 0 saturated heterocycles. The summed E-state index contributed by atoms with van der Waals surface area (Å²) in [5, 5.41) is 27.2. The summed E-state index contributed by atoms with van der Waals surface area (Å²) in [7, 11) is 0. The van der Waals surface area contributed by atoms with Crippen LogP contribution in [0.2, 0.25) is 10.0 Å². The number of anilines is 4. The van der Waals surface area contributed by atoms with Crippen LogP contribution < -0.4 is 30.7 Å². The Labute approximate surface area is 399 Å². The summed E-state index contributed by atoms with van der Waals surface area (Å²) in [6, 6.07) is 21.8. The zero-order valence-electron chi connectivity index (χ0n) is 35.8. The van der Waals surface area contributed by atoms with E-state index in [0.29, 0.717) is 22.5 Å². The van der Waals surface area contributed by atoms with Crippen LogP contribution in [0.4, 0.5) is 34.1 Å². The molecule has 66 heavy (non-hydrogen) atoms. The molecule has 0 aliphatic heterocycles. The second-order valence-corrected chi connectivity index (χ2v) is 15.4. The minimum atomic E-state index is -1.67. The minimum absolute atomic E-state index is 0.0402. The molecule has 5 aromatic rings. The zero-order chi connectivity index (χ0) is 47.9. The van der Waals surface area contributed by atoms with Gasteiger partial charge in [0.25, 0.3) is 23.6 Å². The van der Waals surface area contributed by atoms with Crippen molar-refractivity contribution in [2.24, 2.45) is 20.5 Å². The molecule has 0 heterocycles. The summed E-state index contributed by atoms with van der Waals surface area (Å²) in [5.74, 6) is -3.74. The van der Waals surface area contributed by atoms with Crippen LogP contribution in [0.1, 0.15) is 59.5 Å². The average molecular weight is 977 g/mol. The third-order valence-corrected chi connectivity index (χ3v) is 10.2. The second kappa shape index (κ2) is 24.0. The van der Waals surface area contributed by atoms with Crippen molar-refractivity contribution < 1.29 is 38.2 Å². The summed E-state index contributed by atoms with van der Waals surface area (Å²) in [6.07, 6.45) is 0. The number of nitrogens with zero attached hydrogens (tertiary/aromatic N) is 4. The molecule has 342 valence electrons. The number of alkyl halides is 2. The lowest BCUT2D eigenvalue weighted by Crippen LogP contribution is -2.32. The van der Waals surface area contributed by atoms with Gasteiger partial charge in [-0.05, 0) is 87.4 Å². The van der Waals surface area contributed by atoms with Crippen molar-refractivity contribution in [1.82, 2.24) is 0 Å². The van der Waals surface area contributed by atoms with E-state index in [-0.39, 0.29) is 80.4 Å². The number of hydrogen-bond donors (Lipinski definition) is 4. The van der Waals surface area contributed by atoms with E-state index in [9.17, 15) is 28.8 Å². The van der Waals surface area contributed by atoms with Crippen molar-refractivity contribution >= 4 is 116 Å². The Morgan fingerprint density at radius 1 is 0.530 bits per heavy atom. The Balaban J connectivity index is 1.35. The van der Waals surface area contributed by atoms with Crippen LogP contribution >= 0.6 is 46.4 Å². The Hall–Kier alpha value is -6.72. The van der Waals surface area contributed by atoms with E-state index in [1.54, 1.807) is 62.4 Å². The predicted octanol–water partition coefficient (Wildman–Crippen LogP) is 11.1. The van der Waals surface area contributed by atoms with Crippen LogP contribution in [0.5, 0.6) is 11.5 Å². The van der Waals surface area contributed by atoms with Crippen molar-refractivity contribution in [3.63, 3.8) is 0 Å². The molecule has 5 aromatic carbocycles. The number of azo groups is 2. The van der Waals surface area contributed by atoms with Crippen molar-refractivity contribution in [1.29, 1.82) is 0 Å². The van der Waals surface area contributed by atoms with Gasteiger partial charge in [-0.3, -0.25) is 28.8 Å². The molecular weight excluding hydrogens is 934 g/mol. The fraction of sp³-hybridized carbons (Fsp3) is 0.217. The third kappa shape index (κ3) is 13.7. The van der Waals surface area contributed by atoms with Gasteiger partial charge < -0.3 is 30.7 Å². The van der Waals surface area contributed by atoms with Crippen LogP contribution in [0.3, 0.4) is 0 Å². The van der Waals surface area contributed by atoms with E-state index in [1.165, 1.54) is 48.5 Å². The molecule has 0 fully saturated rings. The predicted molar refractivity (Wildman–Crippen MR) is 255 cm³/mol. The highest BCUT2D eigenvalue weighted by Gasteiger charge is 2.28. The van der Waals surface area contributed by atoms with Crippen molar-refractivity contribution in [2.45, 2.75) is 51.5 Å². The largest absolute Gasteiger partial charge is 0.492 e. The van der Waals surface area contributed by atoms with Crippen molar-refractivity contribution in [2.75, 3.05) is 34.5 Å². The standard InChI is InChI=1S/C46H42Cl4N8O8/c1-5-65-39-21-38(54-46(64)42(26(4)60)58-56-34-18-30(16-32(50)20-34)44(62)52-36-14-10-8-12-28(36)24-48)40(66-6-2)22-37(39)53-45(63)41(25(3)59)57-55-33-17-29(15-31(49)19-33)43(61)51-35-13-9-7-11-27(35)23-47/h7-22,41-42H,5-6,23-24H2,1-4H3,(H,51,61)(H,52,62)(H,53,63)(H,54,64). The lowest BCUT2D eigenvalue weighted by Gasteiger charge is -2.19. The number of hydrogen-bond acceptors (Lipinski definition) is 12. The van der Waals surface area contributed by atoms with E-state index >= 15 is 0 Å². The van der Waals surface area contributed by atoms with Gasteiger partial charge in [0.2, 0.25) is 12.1 Å². The molecule has 16 nitrogen and oxygen atoms in total. The SMILES string of the molecule is CCOc1cc(NC(=O)C(N=Nc2cc(Cl)cc(C(=O)Nc3ccccc3CCl)c2)C(C)=O)c(OCC)cc1NC(=O)C(N=Nc1cc(Cl)cc(C(=O)Nc2ccccc2CCl)c1)C(C)=O. The van der Waals surface area contributed by atoms with Crippen LogP contribution in [-0.2, 0) is 30.9 Å². The number of ketones is 2. The molecule has 2 atom stereocenters. The first kappa shape index (κ1) is 50.3. The smallest absolute Gasteiger partial charge is 0.258 e. The maximum atomic E-state index is 13.7. The van der Waals surface area contributed by atoms with Gasteiger partial charge in [0, 0.05) is 56.4 Å². The molecule has 0 aliphatic carbocycles. The third-order valence-electron chi connectivity index (χ3n) is 9.15. The topological polar surface area (TPSA) is 218 Å². The summed E-state index contributed by atoms with van der Waals surface area (Å²) >= 11 is 24.7. The van der Waals surface area contributed by atoms with Crippen LogP contribution in [0.25, 0.3) is 0 Å². The van der Waals surface area contributed by atoms with Gasteiger partial charge in [0.05, 0.1) is 36.0 Å². The highest BCUT2D eigenvalue weighted by molar-refractivity contribution is 6.32. The highest BCUT2D eigenvalue weighted by atomic mass is 35.5. The quantitative estimate of drug-likeness (QED) is 0.0333. The number of amides is 4. The fourth-order valence-corrected chi connectivity index (χ4v) is 6.95. The molecule has 4 amide bonds. The maximum Gasteiger partial charge on any atom is 0.258 e. The molecule has 0 saturated carbocycles. The van der Waals surface area contributed by atoms with E-state index in [4.69, 9.17) is 55.9 Å². The number of para-hydroxylation sites is 2. The molecule has 0 spiro atoms. The second-order valence-electron chi connectivity index (χ2n) is 14.0. The Kier molecular flexibility index (Phi) is 18.3. The first-order chi connectivity index (χ1) is 31.6. The van der Waals surface area contributed by atoms with E-state index in [1.807, 2.05) is 0 Å². The van der Waals surface area contributed by atoms with E-state index in [2.05, 4.69) is 41.7 Å². The summed E-state index contributed by atoms with van der Waals surface area (Å²) in [5.41, 5.74) is 2.91.